The number of hydrogen-bond donors (Lipinski definition) is 5. The molecule has 0 bridgehead atoms. The summed E-state index contributed by atoms with van der Waals surface area (Å²) in [6.07, 6.45) is 3.45. The average molecular weight is 1040 g/mol. The molecule has 6 aromatic rings. The number of rotatable bonds is 17. The van der Waals surface area contributed by atoms with Gasteiger partial charge in [-0.15, -0.1) is 0 Å². The van der Waals surface area contributed by atoms with Crippen LogP contribution in [0.25, 0.3) is 22.1 Å². The fourth-order valence-electron chi connectivity index (χ4n) is 8.99. The van der Waals surface area contributed by atoms with Gasteiger partial charge in [0.25, 0.3) is 22.0 Å². The number of aromatic nitrogens is 8. The number of piperazine rings is 1. The minimum atomic E-state index is -3.78. The molecule has 25 nitrogen and oxygen atoms in total. The number of nitrogens with two attached hydrogens (primary N) is 2. The maximum atomic E-state index is 13.9. The second kappa shape index (κ2) is 21.8. The molecule has 2 aromatic carbocycles. The first kappa shape index (κ1) is 52.1. The summed E-state index contributed by atoms with van der Waals surface area (Å²) < 4.78 is 48.0. The molecule has 74 heavy (non-hydrogen) atoms. The summed E-state index contributed by atoms with van der Waals surface area (Å²) in [4.78, 5) is 74.7. The molecule has 5 amide bonds. The highest BCUT2D eigenvalue weighted by atomic mass is 32.2. The van der Waals surface area contributed by atoms with E-state index in [1.54, 1.807) is 56.6 Å². The van der Waals surface area contributed by atoms with E-state index in [1.165, 1.54) is 44.9 Å². The molecule has 6 heterocycles. The standard InChI is InChI=1S/C48H57N15O10S/c1-6-62-36(23-29(3)55-62)44(66)53-46-51-34-25-32(42(49)64)27-38(72-5)40(34)60(46)14-8-9-15-61-41-35(52-47(61)54-45(67)37-24-30(4)56-63(37)7-2)26-33(43(50)65)28-39(41)73-22-10-11-31-12-16-58(17-13-31)74(70,71)59-20-18-57(19-21-59)48(68)69/h8-9,23-28,31H,6-7,12-22H2,1-5H3,(H2,49,64)(H2,50,65)(H,68,69)(H,51,53,66)(H,52,54,67)/b9-8+. The summed E-state index contributed by atoms with van der Waals surface area (Å²) in [6, 6.07) is 9.28. The molecule has 2 aliphatic heterocycles. The Labute approximate surface area is 425 Å². The number of carbonyl (C=O) groups excluding carboxylic acids is 4. The number of ether oxygens (including phenoxy) is 2. The molecule has 4 aromatic heterocycles. The van der Waals surface area contributed by atoms with Gasteiger partial charge in [-0.25, -0.2) is 14.8 Å². The van der Waals surface area contributed by atoms with Crippen molar-refractivity contribution >= 4 is 73.9 Å². The van der Waals surface area contributed by atoms with Crippen molar-refractivity contribution in [1.29, 1.82) is 0 Å². The van der Waals surface area contributed by atoms with Crippen LogP contribution >= 0.6 is 0 Å². The SMILES string of the molecule is CCn1nc(C)cc1C(=O)Nc1nc2cc(C(N)=O)cc(OC)c2n1C/C=C/Cn1c(NC(=O)c2cc(C)nn2CC)nc2cc(C(N)=O)cc(OCC#CC3CCN(S(=O)(=O)N4CCN(C(=O)O)CC4)CC3)c21. The second-order valence-electron chi connectivity index (χ2n) is 17.5. The lowest BCUT2D eigenvalue weighted by atomic mass is 9.99. The van der Waals surface area contributed by atoms with Crippen molar-refractivity contribution in [3.05, 3.63) is 82.5 Å². The molecule has 26 heteroatoms. The van der Waals surface area contributed by atoms with E-state index in [0.717, 1.165) is 0 Å². The highest BCUT2D eigenvalue weighted by molar-refractivity contribution is 7.86. The summed E-state index contributed by atoms with van der Waals surface area (Å²) in [7, 11) is -2.34. The predicted molar refractivity (Wildman–Crippen MR) is 271 cm³/mol. The molecule has 0 spiro atoms. The summed E-state index contributed by atoms with van der Waals surface area (Å²) in [5.41, 5.74) is 15.0. The number of carboxylic acid groups (broad SMARTS) is 1. The number of methoxy groups -OCH3 is 1. The van der Waals surface area contributed by atoms with Gasteiger partial charge < -0.3 is 40.1 Å². The van der Waals surface area contributed by atoms with E-state index in [9.17, 15) is 37.5 Å². The molecule has 0 saturated carbocycles. The van der Waals surface area contributed by atoms with Crippen LogP contribution in [-0.2, 0) is 36.4 Å². The van der Waals surface area contributed by atoms with Crippen molar-refractivity contribution < 1.29 is 47.0 Å². The fourth-order valence-corrected chi connectivity index (χ4v) is 10.6. The number of fused-ring (bicyclic) bond motifs is 2. The van der Waals surface area contributed by atoms with E-state index >= 15 is 0 Å². The zero-order chi connectivity index (χ0) is 53.0. The van der Waals surface area contributed by atoms with Crippen LogP contribution < -0.4 is 31.6 Å². The van der Waals surface area contributed by atoms with E-state index in [4.69, 9.17) is 25.9 Å². The van der Waals surface area contributed by atoms with Gasteiger partial charge in [0.2, 0.25) is 23.7 Å². The summed E-state index contributed by atoms with van der Waals surface area (Å²) in [5.74, 6) is 4.40. The zero-order valence-electron chi connectivity index (χ0n) is 41.5. The van der Waals surface area contributed by atoms with Crippen molar-refractivity contribution in [3.63, 3.8) is 0 Å². The lowest BCUT2D eigenvalue weighted by molar-refractivity contribution is 0.0991. The zero-order valence-corrected chi connectivity index (χ0v) is 42.3. The third-order valence-corrected chi connectivity index (χ3v) is 14.7. The van der Waals surface area contributed by atoms with E-state index in [1.807, 2.05) is 13.8 Å². The number of imidazole rings is 2. The molecular weight excluding hydrogens is 979 g/mol. The number of amides is 5. The highest BCUT2D eigenvalue weighted by Gasteiger charge is 2.35. The first-order valence-electron chi connectivity index (χ1n) is 23.8. The van der Waals surface area contributed by atoms with Gasteiger partial charge in [-0.3, -0.25) is 39.2 Å². The molecule has 2 aliphatic rings. The van der Waals surface area contributed by atoms with Crippen molar-refractivity contribution in [1.82, 2.24) is 52.2 Å². The van der Waals surface area contributed by atoms with E-state index in [-0.39, 0.29) is 111 Å². The largest absolute Gasteiger partial charge is 0.494 e. The molecule has 2 fully saturated rings. The van der Waals surface area contributed by atoms with Crippen LogP contribution in [0.5, 0.6) is 11.5 Å². The molecule has 0 aliphatic carbocycles. The van der Waals surface area contributed by atoms with Crippen LogP contribution in [-0.4, -0.2) is 148 Å². The lowest BCUT2D eigenvalue weighted by Crippen LogP contribution is -2.55. The van der Waals surface area contributed by atoms with Gasteiger partial charge in [0.15, 0.2) is 0 Å². The van der Waals surface area contributed by atoms with Crippen LogP contribution in [0.1, 0.15) is 79.8 Å². The molecule has 2 saturated heterocycles. The van der Waals surface area contributed by atoms with Crippen LogP contribution in [0.2, 0.25) is 0 Å². The van der Waals surface area contributed by atoms with Crippen molar-refractivity contribution in [2.45, 2.75) is 66.7 Å². The monoisotopic (exact) mass is 1040 g/mol. The Bertz CT molecular complexity index is 3380. The number of piperidine rings is 1. The minimum absolute atomic E-state index is 0.0686. The maximum Gasteiger partial charge on any atom is 0.407 e. The topological polar surface area (TPSA) is 315 Å². The average Bonchev–Trinajstić information content (AvgIpc) is 4.15. The third-order valence-electron chi connectivity index (χ3n) is 12.7. The fraction of sp³-hybridized carbons (Fsp3) is 0.396. The molecule has 0 radical (unpaired) electrons. The number of nitrogens with one attached hydrogen (secondary N) is 2. The van der Waals surface area contributed by atoms with Crippen LogP contribution in [0.3, 0.4) is 0 Å². The van der Waals surface area contributed by atoms with E-state index < -0.39 is 39.9 Å². The number of aryl methyl sites for hydroxylation is 4. The molecular formula is C48H57N15O10S. The van der Waals surface area contributed by atoms with Gasteiger partial charge in [-0.05, 0) is 76.9 Å². The quantitative estimate of drug-likeness (QED) is 0.0648. The maximum absolute atomic E-state index is 13.9. The van der Waals surface area contributed by atoms with Gasteiger partial charge in [0.1, 0.15) is 40.5 Å². The molecule has 8 rings (SSSR count). The molecule has 7 N–H and O–H groups in total. The second-order valence-corrected chi connectivity index (χ2v) is 19.5. The van der Waals surface area contributed by atoms with Gasteiger partial charge in [-0.1, -0.05) is 24.0 Å². The summed E-state index contributed by atoms with van der Waals surface area (Å²) in [6.45, 7) is 9.03. The first-order valence-corrected chi connectivity index (χ1v) is 25.2. The number of benzene rings is 2. The highest BCUT2D eigenvalue weighted by Crippen LogP contribution is 2.33. The van der Waals surface area contributed by atoms with Crippen LogP contribution in [0.15, 0.2) is 48.6 Å². The summed E-state index contributed by atoms with van der Waals surface area (Å²) in [5, 5.41) is 23.9. The normalized spacial score (nSPS) is 14.9. The molecule has 390 valence electrons. The lowest BCUT2D eigenvalue weighted by Gasteiger charge is -2.37. The van der Waals surface area contributed by atoms with Gasteiger partial charge in [0, 0.05) is 82.5 Å². The first-order chi connectivity index (χ1) is 35.4. The predicted octanol–water partition coefficient (Wildman–Crippen LogP) is 3.04. The Kier molecular flexibility index (Phi) is 15.4. The van der Waals surface area contributed by atoms with Crippen LogP contribution in [0, 0.1) is 31.6 Å². The number of anilines is 2. The van der Waals surface area contributed by atoms with Crippen molar-refractivity contribution in [2.75, 3.05) is 63.6 Å². The van der Waals surface area contributed by atoms with Crippen LogP contribution in [0.4, 0.5) is 16.7 Å². The Morgan fingerprint density at radius 3 is 1.66 bits per heavy atom. The number of allylic oxidation sites excluding steroid dienone is 2. The number of nitrogens with zero attached hydrogens (tertiary/aromatic N) is 11. The van der Waals surface area contributed by atoms with Crippen molar-refractivity contribution in [2.24, 2.45) is 17.4 Å². The number of primary amides is 2. The molecule has 0 unspecified atom stereocenters. The Morgan fingerprint density at radius 1 is 0.730 bits per heavy atom. The Morgan fingerprint density at radius 2 is 1.20 bits per heavy atom. The van der Waals surface area contributed by atoms with Gasteiger partial charge in [-0.2, -0.15) is 27.2 Å². The number of carbonyl (C=O) groups is 5. The van der Waals surface area contributed by atoms with Gasteiger partial charge in [0.05, 0.1) is 29.5 Å². The Hall–Kier alpha value is -8.28. The van der Waals surface area contributed by atoms with Crippen molar-refractivity contribution in [3.8, 4) is 23.3 Å². The number of hydrogen-bond acceptors (Lipinski definition) is 13. The smallest absolute Gasteiger partial charge is 0.407 e. The van der Waals surface area contributed by atoms with E-state index in [2.05, 4.69) is 37.7 Å². The summed E-state index contributed by atoms with van der Waals surface area (Å²) >= 11 is 0. The van der Waals surface area contributed by atoms with E-state index in [0.29, 0.717) is 59.6 Å². The van der Waals surface area contributed by atoms with Gasteiger partial charge >= 0.3 is 6.09 Å². The molecule has 0 atom stereocenters. The third kappa shape index (κ3) is 10.9. The Balaban J connectivity index is 1.08. The minimum Gasteiger partial charge on any atom is -0.494 e.